The molecule has 22 heavy (non-hydrogen) atoms. The highest BCUT2D eigenvalue weighted by molar-refractivity contribution is 6.30. The maximum atomic E-state index is 12.0. The molecule has 0 aliphatic rings. The molecule has 5 nitrogen and oxygen atoms in total. The van der Waals surface area contributed by atoms with Gasteiger partial charge < -0.3 is 10.6 Å². The summed E-state index contributed by atoms with van der Waals surface area (Å²) < 4.78 is 0. The van der Waals surface area contributed by atoms with Crippen molar-refractivity contribution in [3.63, 3.8) is 0 Å². The van der Waals surface area contributed by atoms with E-state index in [4.69, 9.17) is 11.6 Å². The molecule has 2 aromatic rings. The van der Waals surface area contributed by atoms with E-state index in [1.807, 2.05) is 19.1 Å². The van der Waals surface area contributed by atoms with Crippen LogP contribution in [0, 0.1) is 6.92 Å². The van der Waals surface area contributed by atoms with Crippen LogP contribution in [0.15, 0.2) is 30.5 Å². The molecule has 1 aromatic carbocycles. The molecule has 0 radical (unpaired) electrons. The summed E-state index contributed by atoms with van der Waals surface area (Å²) >= 11 is 5.99. The number of nitrogens with zero attached hydrogens (tertiary/aromatic N) is 2. The molecule has 0 fully saturated rings. The van der Waals surface area contributed by atoms with Crippen LogP contribution < -0.4 is 10.6 Å². The van der Waals surface area contributed by atoms with Crippen molar-refractivity contribution in [3.8, 4) is 0 Å². The quantitative estimate of drug-likeness (QED) is 0.797. The van der Waals surface area contributed by atoms with Crippen molar-refractivity contribution in [2.45, 2.75) is 26.7 Å². The van der Waals surface area contributed by atoms with Crippen molar-refractivity contribution in [3.05, 3.63) is 46.7 Å². The Kier molecular flexibility index (Phi) is 5.72. The second kappa shape index (κ2) is 7.75. The third kappa shape index (κ3) is 4.43. The van der Waals surface area contributed by atoms with E-state index in [9.17, 15) is 4.79 Å². The number of aromatic nitrogens is 2. The van der Waals surface area contributed by atoms with Gasteiger partial charge in [0.05, 0.1) is 0 Å². The molecule has 1 amide bonds. The van der Waals surface area contributed by atoms with E-state index < -0.39 is 0 Å². The number of unbranched alkanes of at least 4 members (excludes halogenated alkanes) is 1. The maximum Gasteiger partial charge on any atom is 0.270 e. The number of hydrogen-bond donors (Lipinski definition) is 2. The van der Waals surface area contributed by atoms with Gasteiger partial charge in [-0.25, -0.2) is 9.97 Å². The lowest BCUT2D eigenvalue weighted by Gasteiger charge is -2.09. The topological polar surface area (TPSA) is 66.9 Å². The van der Waals surface area contributed by atoms with Crippen molar-refractivity contribution in [2.24, 2.45) is 0 Å². The SMILES string of the molecule is CCCCNC(=O)c1ccnc(Nc2cc(Cl)ccc2C)n1. The van der Waals surface area contributed by atoms with Gasteiger partial charge in [-0.3, -0.25) is 4.79 Å². The van der Waals surface area contributed by atoms with E-state index in [1.54, 1.807) is 18.3 Å². The molecule has 0 unspecified atom stereocenters. The number of amides is 1. The van der Waals surface area contributed by atoms with Crippen molar-refractivity contribution in [1.82, 2.24) is 15.3 Å². The molecule has 0 saturated carbocycles. The molecule has 2 rings (SSSR count). The van der Waals surface area contributed by atoms with Crippen LogP contribution >= 0.6 is 11.6 Å². The number of carbonyl (C=O) groups is 1. The second-order valence-corrected chi connectivity index (χ2v) is 5.40. The zero-order valence-corrected chi connectivity index (χ0v) is 13.4. The van der Waals surface area contributed by atoms with Gasteiger partial charge in [-0.05, 0) is 37.1 Å². The van der Waals surface area contributed by atoms with Crippen molar-refractivity contribution >= 4 is 29.1 Å². The minimum Gasteiger partial charge on any atom is -0.351 e. The van der Waals surface area contributed by atoms with Crippen LogP contribution in [0.5, 0.6) is 0 Å². The Morgan fingerprint density at radius 3 is 2.91 bits per heavy atom. The zero-order chi connectivity index (χ0) is 15.9. The summed E-state index contributed by atoms with van der Waals surface area (Å²) in [6, 6.07) is 7.12. The third-order valence-electron chi connectivity index (χ3n) is 3.15. The molecule has 0 aliphatic heterocycles. The Morgan fingerprint density at radius 1 is 1.32 bits per heavy atom. The van der Waals surface area contributed by atoms with Crippen LogP contribution in [0.2, 0.25) is 5.02 Å². The van der Waals surface area contributed by atoms with Crippen LogP contribution in [-0.4, -0.2) is 22.4 Å². The average Bonchev–Trinajstić information content (AvgIpc) is 2.51. The zero-order valence-electron chi connectivity index (χ0n) is 12.7. The summed E-state index contributed by atoms with van der Waals surface area (Å²) in [5.74, 6) is 0.176. The van der Waals surface area contributed by atoms with E-state index >= 15 is 0 Å². The molecule has 116 valence electrons. The molecular weight excluding hydrogens is 300 g/mol. The largest absolute Gasteiger partial charge is 0.351 e. The van der Waals surface area contributed by atoms with Crippen LogP contribution in [0.1, 0.15) is 35.8 Å². The fourth-order valence-electron chi connectivity index (χ4n) is 1.86. The van der Waals surface area contributed by atoms with Gasteiger partial charge in [-0.1, -0.05) is 31.0 Å². The lowest BCUT2D eigenvalue weighted by Crippen LogP contribution is -2.25. The lowest BCUT2D eigenvalue weighted by atomic mass is 10.2. The van der Waals surface area contributed by atoms with E-state index in [2.05, 4.69) is 27.5 Å². The minimum absolute atomic E-state index is 0.193. The first-order valence-electron chi connectivity index (χ1n) is 7.24. The summed E-state index contributed by atoms with van der Waals surface area (Å²) in [7, 11) is 0. The van der Waals surface area contributed by atoms with E-state index in [-0.39, 0.29) is 5.91 Å². The fraction of sp³-hybridized carbons (Fsp3) is 0.312. The highest BCUT2D eigenvalue weighted by Gasteiger charge is 2.09. The molecule has 1 heterocycles. The number of hydrogen-bond acceptors (Lipinski definition) is 4. The highest BCUT2D eigenvalue weighted by atomic mass is 35.5. The van der Waals surface area contributed by atoms with Gasteiger partial charge in [-0.15, -0.1) is 0 Å². The smallest absolute Gasteiger partial charge is 0.270 e. The van der Waals surface area contributed by atoms with Gasteiger partial charge in [0.15, 0.2) is 0 Å². The molecule has 6 heteroatoms. The van der Waals surface area contributed by atoms with Crippen molar-refractivity contribution in [2.75, 3.05) is 11.9 Å². The minimum atomic E-state index is -0.193. The molecule has 0 aliphatic carbocycles. The number of halogens is 1. The molecule has 1 aromatic heterocycles. The maximum absolute atomic E-state index is 12.0. The van der Waals surface area contributed by atoms with Gasteiger partial charge >= 0.3 is 0 Å². The van der Waals surface area contributed by atoms with E-state index in [1.165, 1.54) is 0 Å². The fourth-order valence-corrected chi connectivity index (χ4v) is 2.04. The normalized spacial score (nSPS) is 10.3. The summed E-state index contributed by atoms with van der Waals surface area (Å²) in [6.45, 7) is 4.68. The van der Waals surface area contributed by atoms with Gasteiger partial charge in [-0.2, -0.15) is 0 Å². The first-order valence-corrected chi connectivity index (χ1v) is 7.62. The third-order valence-corrected chi connectivity index (χ3v) is 3.39. The van der Waals surface area contributed by atoms with Gasteiger partial charge in [0.2, 0.25) is 5.95 Å². The molecule has 0 saturated heterocycles. The Bertz CT molecular complexity index is 660. The number of rotatable bonds is 6. The number of aryl methyl sites for hydroxylation is 1. The Hall–Kier alpha value is -2.14. The predicted octanol–water partition coefficient (Wildman–Crippen LogP) is 3.71. The number of benzene rings is 1. The number of nitrogens with one attached hydrogen (secondary N) is 2. The standard InChI is InChI=1S/C16H19ClN4O/c1-3-4-8-18-15(22)13-7-9-19-16(20-13)21-14-10-12(17)6-5-11(14)2/h5-7,9-10H,3-4,8H2,1-2H3,(H,18,22)(H,19,20,21). The van der Waals surface area contributed by atoms with Crippen LogP contribution in [0.25, 0.3) is 0 Å². The summed E-state index contributed by atoms with van der Waals surface area (Å²) in [6.07, 6.45) is 3.54. The second-order valence-electron chi connectivity index (χ2n) is 4.96. The molecule has 0 spiro atoms. The van der Waals surface area contributed by atoms with Crippen molar-refractivity contribution in [1.29, 1.82) is 0 Å². The molecule has 2 N–H and O–H groups in total. The highest BCUT2D eigenvalue weighted by Crippen LogP contribution is 2.22. The Labute approximate surface area is 135 Å². The number of anilines is 2. The Balaban J connectivity index is 2.11. The first-order chi connectivity index (χ1) is 10.6. The van der Waals surface area contributed by atoms with Crippen LogP contribution in [0.4, 0.5) is 11.6 Å². The van der Waals surface area contributed by atoms with Gasteiger partial charge in [0.25, 0.3) is 5.91 Å². The molecule has 0 atom stereocenters. The predicted molar refractivity (Wildman–Crippen MR) is 88.7 cm³/mol. The summed E-state index contributed by atoms with van der Waals surface area (Å²) in [5, 5.41) is 6.55. The van der Waals surface area contributed by atoms with E-state index in [0.717, 1.165) is 24.1 Å². The Morgan fingerprint density at radius 2 is 2.14 bits per heavy atom. The van der Waals surface area contributed by atoms with Crippen LogP contribution in [-0.2, 0) is 0 Å². The summed E-state index contributed by atoms with van der Waals surface area (Å²) in [5.41, 5.74) is 2.18. The lowest BCUT2D eigenvalue weighted by molar-refractivity contribution is 0.0948. The average molecular weight is 319 g/mol. The number of carbonyl (C=O) groups excluding carboxylic acids is 1. The van der Waals surface area contributed by atoms with Crippen molar-refractivity contribution < 1.29 is 4.79 Å². The molecular formula is C16H19ClN4O. The first kappa shape index (κ1) is 16.2. The van der Waals surface area contributed by atoms with Gasteiger partial charge in [0.1, 0.15) is 5.69 Å². The van der Waals surface area contributed by atoms with Crippen LogP contribution in [0.3, 0.4) is 0 Å². The summed E-state index contributed by atoms with van der Waals surface area (Å²) in [4.78, 5) is 20.4. The van der Waals surface area contributed by atoms with E-state index in [0.29, 0.717) is 23.2 Å². The molecule has 0 bridgehead atoms. The van der Waals surface area contributed by atoms with Gasteiger partial charge in [0, 0.05) is 23.5 Å². The monoisotopic (exact) mass is 318 g/mol.